The van der Waals surface area contributed by atoms with Gasteiger partial charge in [-0.25, -0.2) is 16.8 Å². The summed E-state index contributed by atoms with van der Waals surface area (Å²) in [4.78, 5) is 10.5. The average molecular weight is 818 g/mol. The molecular weight excluding hydrogens is 767 g/mol. The van der Waals surface area contributed by atoms with E-state index in [2.05, 4.69) is 73.1 Å². The summed E-state index contributed by atoms with van der Waals surface area (Å²) in [6, 6.07) is 29.9. The molecule has 0 atom stereocenters. The molecule has 0 fully saturated rings. The second kappa shape index (κ2) is 13.7. The average Bonchev–Trinajstić information content (AvgIpc) is 3.91. The van der Waals surface area contributed by atoms with Crippen LogP contribution in [0.1, 0.15) is 89.3 Å². The molecule has 0 amide bonds. The molecule has 13 heteroatoms. The SMILES string of the molecule is CC(C)(C)c1cc2c3[nH]c4c(cc(C(C)(C)C)cc4c3c1)S(=O)(=O)Nc1cccc(c1)NCc1ccc([nH]1)C(C)(C)c1ccc([nH]1)CNc1cccc(c1)NS2(=O)=O. The molecular formula is C45H51N7O4S2. The van der Waals surface area contributed by atoms with Gasteiger partial charge >= 0.3 is 0 Å². The van der Waals surface area contributed by atoms with Crippen molar-refractivity contribution in [3.63, 3.8) is 0 Å². The number of hydrogen-bond acceptors (Lipinski definition) is 6. The molecule has 11 nitrogen and oxygen atoms in total. The van der Waals surface area contributed by atoms with E-state index >= 15 is 0 Å². The molecule has 0 saturated carbocycles. The molecule has 4 aromatic carbocycles. The molecule has 0 radical (unpaired) electrons. The van der Waals surface area contributed by atoms with Crippen LogP contribution in [0.15, 0.2) is 107 Å². The minimum Gasteiger partial charge on any atom is -0.379 e. The highest BCUT2D eigenvalue weighted by atomic mass is 32.2. The smallest absolute Gasteiger partial charge is 0.263 e. The predicted octanol–water partition coefficient (Wildman–Crippen LogP) is 10.0. The Hall–Kier alpha value is -5.66. The van der Waals surface area contributed by atoms with Gasteiger partial charge in [0.1, 0.15) is 9.79 Å². The summed E-state index contributed by atoms with van der Waals surface area (Å²) < 4.78 is 63.9. The van der Waals surface area contributed by atoms with Crippen LogP contribution < -0.4 is 20.1 Å². The number of aromatic nitrogens is 3. The fourth-order valence-corrected chi connectivity index (χ4v) is 10.0. The van der Waals surface area contributed by atoms with Crippen LogP contribution in [-0.2, 0) is 49.4 Å². The highest BCUT2D eigenvalue weighted by Gasteiger charge is 2.30. The van der Waals surface area contributed by atoms with Crippen molar-refractivity contribution in [1.29, 1.82) is 0 Å². The van der Waals surface area contributed by atoms with Gasteiger partial charge in [-0.3, -0.25) is 9.44 Å². The second-order valence-corrected chi connectivity index (χ2v) is 21.2. The van der Waals surface area contributed by atoms with Crippen molar-refractivity contribution >= 4 is 64.6 Å². The quantitative estimate of drug-likeness (QED) is 0.0806. The van der Waals surface area contributed by atoms with Crippen molar-refractivity contribution in [3.8, 4) is 0 Å². The Morgan fingerprint density at radius 1 is 0.500 bits per heavy atom. The summed E-state index contributed by atoms with van der Waals surface area (Å²) in [6.45, 7) is 17.5. The molecule has 0 saturated heterocycles. The molecule has 0 spiro atoms. The normalized spacial score (nSPS) is 16.7. The summed E-state index contributed by atoms with van der Waals surface area (Å²) in [5.41, 5.74) is 7.26. The number of aromatic amines is 3. The number of hydrogen-bond donors (Lipinski definition) is 7. The minimum atomic E-state index is -4.22. The lowest BCUT2D eigenvalue weighted by Crippen LogP contribution is -2.20. The third-order valence-corrected chi connectivity index (χ3v) is 13.9. The first kappa shape index (κ1) is 39.2. The molecule has 8 rings (SSSR count). The Labute approximate surface area is 340 Å². The van der Waals surface area contributed by atoms with E-state index in [4.69, 9.17) is 0 Å². The van der Waals surface area contributed by atoms with Crippen molar-refractivity contribution in [1.82, 2.24) is 15.0 Å². The topological polar surface area (TPSA) is 164 Å². The van der Waals surface area contributed by atoms with Gasteiger partial charge in [-0.2, -0.15) is 0 Å². The first-order chi connectivity index (χ1) is 27.2. The number of H-pyrrole nitrogens is 3. The van der Waals surface area contributed by atoms with E-state index in [0.717, 1.165) is 45.3 Å². The van der Waals surface area contributed by atoms with Gasteiger partial charge in [0.15, 0.2) is 0 Å². The minimum absolute atomic E-state index is 0.0218. The highest BCUT2D eigenvalue weighted by molar-refractivity contribution is 7.93. The maximum atomic E-state index is 14.6. The van der Waals surface area contributed by atoms with Crippen LogP contribution in [0.5, 0.6) is 0 Å². The van der Waals surface area contributed by atoms with Gasteiger partial charge in [-0.05, 0) is 121 Å². The van der Waals surface area contributed by atoms with Crippen LogP contribution in [0, 0.1) is 0 Å². The van der Waals surface area contributed by atoms with E-state index in [1.165, 1.54) is 0 Å². The van der Waals surface area contributed by atoms with Gasteiger partial charge in [0.05, 0.1) is 35.5 Å². The zero-order valence-electron chi connectivity index (χ0n) is 34.1. The van der Waals surface area contributed by atoms with Crippen LogP contribution >= 0.6 is 0 Å². The molecule has 0 aliphatic carbocycles. The number of benzene rings is 4. The Kier molecular flexibility index (Phi) is 9.28. The van der Waals surface area contributed by atoms with E-state index < -0.39 is 30.9 Å². The third-order valence-electron chi connectivity index (χ3n) is 11.1. The van der Waals surface area contributed by atoms with Crippen molar-refractivity contribution < 1.29 is 16.8 Å². The van der Waals surface area contributed by atoms with Crippen LogP contribution in [-0.4, -0.2) is 31.8 Å². The summed E-state index contributed by atoms with van der Waals surface area (Å²) >= 11 is 0. The molecule has 3 aromatic heterocycles. The van der Waals surface area contributed by atoms with E-state index in [1.54, 1.807) is 48.5 Å². The van der Waals surface area contributed by atoms with Gasteiger partial charge < -0.3 is 25.6 Å². The number of fused-ring (bicyclic) bond motifs is 9. The van der Waals surface area contributed by atoms with E-state index in [0.29, 0.717) is 46.3 Å². The molecule has 1 aliphatic heterocycles. The Morgan fingerprint density at radius 2 is 0.897 bits per heavy atom. The summed E-state index contributed by atoms with van der Waals surface area (Å²) in [6.07, 6.45) is 0. The first-order valence-electron chi connectivity index (χ1n) is 19.4. The fraction of sp³-hybridized carbons (Fsp3) is 0.289. The maximum absolute atomic E-state index is 14.6. The van der Waals surface area contributed by atoms with Crippen molar-refractivity contribution in [2.75, 3.05) is 20.1 Å². The predicted molar refractivity (Wildman–Crippen MR) is 236 cm³/mol. The van der Waals surface area contributed by atoms with Gasteiger partial charge in [-0.1, -0.05) is 53.7 Å². The number of rotatable bonds is 0. The van der Waals surface area contributed by atoms with Gasteiger partial charge in [0.2, 0.25) is 0 Å². The van der Waals surface area contributed by atoms with Crippen molar-refractivity contribution in [2.24, 2.45) is 0 Å². The molecule has 0 unspecified atom stereocenters. The molecule has 4 heterocycles. The lowest BCUT2D eigenvalue weighted by molar-refractivity contribution is 0.585. The van der Waals surface area contributed by atoms with Gasteiger partial charge in [-0.15, -0.1) is 0 Å². The van der Waals surface area contributed by atoms with Crippen LogP contribution in [0.4, 0.5) is 22.7 Å². The molecule has 302 valence electrons. The lowest BCUT2D eigenvalue weighted by Gasteiger charge is -2.22. The van der Waals surface area contributed by atoms with E-state index in [1.807, 2.05) is 65.8 Å². The molecule has 58 heavy (non-hydrogen) atoms. The zero-order chi connectivity index (χ0) is 41.4. The summed E-state index contributed by atoms with van der Waals surface area (Å²) in [5.74, 6) is 0. The molecule has 7 aromatic rings. The van der Waals surface area contributed by atoms with Crippen LogP contribution in [0.2, 0.25) is 0 Å². The monoisotopic (exact) mass is 817 g/mol. The maximum Gasteiger partial charge on any atom is 0.263 e. The Balaban J connectivity index is 1.31. The van der Waals surface area contributed by atoms with E-state index in [-0.39, 0.29) is 15.2 Å². The van der Waals surface area contributed by atoms with Crippen molar-refractivity contribution in [2.45, 2.75) is 94.5 Å². The third kappa shape index (κ3) is 7.44. The first-order valence-corrected chi connectivity index (χ1v) is 22.4. The number of anilines is 4. The summed E-state index contributed by atoms with van der Waals surface area (Å²) in [5, 5.41) is 8.10. The lowest BCUT2D eigenvalue weighted by atomic mass is 9.85. The standard InChI is InChI=1S/C45H51N7O4S2/c1-43(2,3)27-19-35-36-20-28(44(4,5)6)22-38-42(36)50-41(35)37(21-27)57(53,54)51-31-13-9-11-29(23-31)46-25-33-15-17-39(48-33)45(7,8)40-18-16-34(49-40)26-47-30-12-10-14-32(24-30)52-58(38,55)56/h9-24,46-52H,25-26H2,1-8H3. The Bertz CT molecular complexity index is 2750. The van der Waals surface area contributed by atoms with Crippen LogP contribution in [0.3, 0.4) is 0 Å². The fourth-order valence-electron chi connectivity index (χ4n) is 7.49. The second-order valence-electron chi connectivity index (χ2n) is 17.9. The van der Waals surface area contributed by atoms with Gasteiger partial charge in [0.25, 0.3) is 20.0 Å². The largest absolute Gasteiger partial charge is 0.379 e. The van der Waals surface area contributed by atoms with E-state index in [9.17, 15) is 16.8 Å². The van der Waals surface area contributed by atoms with Crippen LogP contribution in [0.25, 0.3) is 21.8 Å². The molecule has 10 bridgehead atoms. The zero-order valence-corrected chi connectivity index (χ0v) is 35.7. The summed E-state index contributed by atoms with van der Waals surface area (Å²) in [7, 11) is -8.43. The number of nitrogens with one attached hydrogen (secondary N) is 7. The Morgan fingerprint density at radius 3 is 1.29 bits per heavy atom. The molecule has 1 aliphatic rings. The van der Waals surface area contributed by atoms with Gasteiger partial charge in [0, 0.05) is 50.3 Å². The number of sulfonamides is 2. The van der Waals surface area contributed by atoms with Crippen molar-refractivity contribution in [3.05, 3.63) is 131 Å². The molecule has 7 N–H and O–H groups in total. The highest BCUT2D eigenvalue weighted by Crippen LogP contribution is 2.41.